The van der Waals surface area contributed by atoms with E-state index in [4.69, 9.17) is 4.74 Å². The largest absolute Gasteiger partial charge is 0.359 e. The first-order chi connectivity index (χ1) is 15.6. The van der Waals surface area contributed by atoms with Gasteiger partial charge in [0.2, 0.25) is 0 Å². The van der Waals surface area contributed by atoms with E-state index in [2.05, 4.69) is 69.4 Å². The summed E-state index contributed by atoms with van der Waals surface area (Å²) in [6.07, 6.45) is 19.1. The Morgan fingerprint density at radius 2 is 2.06 bits per heavy atom. The van der Waals surface area contributed by atoms with Gasteiger partial charge >= 0.3 is 0 Å². The van der Waals surface area contributed by atoms with Crippen molar-refractivity contribution in [2.24, 2.45) is 22.2 Å². The first-order valence-electron chi connectivity index (χ1n) is 13.3. The number of nitrogens with zero attached hydrogens (tertiary/aromatic N) is 2. The van der Waals surface area contributed by atoms with Crippen LogP contribution in [0.1, 0.15) is 79.1 Å². The fourth-order valence-corrected chi connectivity index (χ4v) is 8.50. The summed E-state index contributed by atoms with van der Waals surface area (Å²) < 4.78 is 7.45. The zero-order chi connectivity index (χ0) is 23.6. The van der Waals surface area contributed by atoms with E-state index < -0.39 is 0 Å². The highest BCUT2D eigenvalue weighted by Gasteiger charge is 2.66. The second kappa shape index (κ2) is 8.05. The molecule has 2 heterocycles. The van der Waals surface area contributed by atoms with E-state index >= 15 is 0 Å². The van der Waals surface area contributed by atoms with Crippen molar-refractivity contribution >= 4 is 6.21 Å². The molecule has 3 unspecified atom stereocenters. The molecule has 180 valence electrons. The summed E-state index contributed by atoms with van der Waals surface area (Å²) in [4.78, 5) is 6.74. The van der Waals surface area contributed by atoms with Gasteiger partial charge in [-0.2, -0.15) is 0 Å². The Kier molecular flexibility index (Phi) is 5.69. The lowest BCUT2D eigenvalue weighted by molar-refractivity contribution is -0.142. The third kappa shape index (κ3) is 3.40. The van der Waals surface area contributed by atoms with Crippen LogP contribution in [0.2, 0.25) is 0 Å². The molecule has 0 aromatic carbocycles. The first-order valence-corrected chi connectivity index (χ1v) is 13.3. The number of hydrogen-bond donors (Lipinski definition) is 0. The molecule has 33 heavy (non-hydrogen) atoms. The zero-order valence-corrected chi connectivity index (χ0v) is 21.8. The number of hydrogen-bond acceptors (Lipinski definition) is 3. The van der Waals surface area contributed by atoms with E-state index in [-0.39, 0.29) is 16.6 Å². The zero-order valence-electron chi connectivity index (χ0n) is 21.8. The highest BCUT2D eigenvalue weighted by Crippen LogP contribution is 2.68. The van der Waals surface area contributed by atoms with E-state index in [0.29, 0.717) is 23.9 Å². The average Bonchev–Trinajstić information content (AvgIpc) is 3.28. The summed E-state index contributed by atoms with van der Waals surface area (Å²) in [5.41, 5.74) is 5.77. The normalized spacial score (nSPS) is 42.3. The molecular formula is C30H44N2O. The molecule has 0 aromatic rings. The molecule has 1 saturated heterocycles. The molecule has 3 aliphatic carbocycles. The number of fused-ring (bicyclic) bond motifs is 1. The third-order valence-electron chi connectivity index (χ3n) is 10.3. The molecule has 0 N–H and O–H groups in total. The highest BCUT2D eigenvalue weighted by molar-refractivity contribution is 5.81. The van der Waals surface area contributed by atoms with Gasteiger partial charge < -0.3 is 9.64 Å². The standard InChI is InChI=1S/C30H44N2O/c1-20(2)32(7)25-9-8-23-17-24-12-13-28(5)26(22(4)16-21(3)19-31-6)10-11-27(28)30(24)15-14-29(23,18-25)33-30/h12,16-17,19-20,25-27H,3,8-11,13-15,18H2,1-2,4-7H3/b22-16+,31-19?/t25?,26?,27-,28?,29-,30-/m1/s1. The molecule has 3 heteroatoms. The number of allylic oxidation sites excluding steroid dienone is 4. The van der Waals surface area contributed by atoms with Crippen molar-refractivity contribution in [1.29, 1.82) is 0 Å². The van der Waals surface area contributed by atoms with Crippen molar-refractivity contribution in [3.05, 3.63) is 47.1 Å². The van der Waals surface area contributed by atoms with Crippen LogP contribution >= 0.6 is 0 Å². The van der Waals surface area contributed by atoms with Crippen LogP contribution in [0.4, 0.5) is 0 Å². The van der Waals surface area contributed by atoms with Gasteiger partial charge in [0.1, 0.15) is 0 Å². The van der Waals surface area contributed by atoms with Crippen LogP contribution in [0.15, 0.2) is 52.1 Å². The third-order valence-corrected chi connectivity index (χ3v) is 10.3. The maximum Gasteiger partial charge on any atom is 0.0974 e. The molecule has 2 saturated carbocycles. The Bertz CT molecular complexity index is 954. The van der Waals surface area contributed by atoms with Crippen LogP contribution in [0, 0.1) is 17.3 Å². The van der Waals surface area contributed by atoms with Crippen molar-refractivity contribution in [3.8, 4) is 0 Å². The van der Waals surface area contributed by atoms with Crippen molar-refractivity contribution < 1.29 is 4.74 Å². The highest BCUT2D eigenvalue weighted by atomic mass is 16.5. The Balaban J connectivity index is 1.47. The Hall–Kier alpha value is -1.45. The van der Waals surface area contributed by atoms with Crippen LogP contribution in [-0.4, -0.2) is 48.5 Å². The number of ether oxygens (including phenoxy) is 1. The molecule has 0 aromatic heterocycles. The second-order valence-electron chi connectivity index (χ2n) is 12.2. The summed E-state index contributed by atoms with van der Waals surface area (Å²) in [5, 5.41) is 0. The summed E-state index contributed by atoms with van der Waals surface area (Å²) in [7, 11) is 4.13. The number of rotatable bonds is 5. The van der Waals surface area contributed by atoms with Gasteiger partial charge in [-0.25, -0.2) is 0 Å². The van der Waals surface area contributed by atoms with Crippen LogP contribution < -0.4 is 0 Å². The maximum absolute atomic E-state index is 7.45. The van der Waals surface area contributed by atoms with Crippen LogP contribution in [0.5, 0.6) is 0 Å². The summed E-state index contributed by atoms with van der Waals surface area (Å²) in [6, 6.07) is 1.22. The molecule has 2 bridgehead atoms. The molecule has 2 spiro atoms. The van der Waals surface area contributed by atoms with E-state index in [0.717, 1.165) is 12.0 Å². The van der Waals surface area contributed by atoms with Gasteiger partial charge in [-0.05, 0) is 113 Å². The van der Waals surface area contributed by atoms with E-state index in [1.807, 2.05) is 13.3 Å². The monoisotopic (exact) mass is 448 g/mol. The molecule has 0 radical (unpaired) electrons. The number of aliphatic imine (C=N–C) groups is 1. The molecule has 5 aliphatic rings. The summed E-state index contributed by atoms with van der Waals surface area (Å²) in [5.74, 6) is 1.19. The van der Waals surface area contributed by atoms with E-state index in [1.54, 1.807) is 5.57 Å². The molecule has 6 atom stereocenters. The Morgan fingerprint density at radius 3 is 2.79 bits per heavy atom. The van der Waals surface area contributed by atoms with Crippen molar-refractivity contribution in [1.82, 2.24) is 4.90 Å². The summed E-state index contributed by atoms with van der Waals surface area (Å²) >= 11 is 0. The lowest BCUT2D eigenvalue weighted by Crippen LogP contribution is -2.55. The fourth-order valence-electron chi connectivity index (χ4n) is 8.50. The predicted molar refractivity (Wildman–Crippen MR) is 139 cm³/mol. The minimum Gasteiger partial charge on any atom is -0.359 e. The van der Waals surface area contributed by atoms with Gasteiger partial charge in [-0.15, -0.1) is 0 Å². The molecule has 0 amide bonds. The van der Waals surface area contributed by atoms with E-state index in [9.17, 15) is 0 Å². The SMILES string of the molecule is C=C(C=NC)/C=C(\C)C1CC[C@@H]2C1(C)CC=C1C=C3CCC(N(C)C(C)C)C[C@]34CC[C@@]12O4. The van der Waals surface area contributed by atoms with Crippen molar-refractivity contribution in [2.45, 2.75) is 102 Å². The first kappa shape index (κ1) is 23.3. The van der Waals surface area contributed by atoms with Gasteiger partial charge in [-0.3, -0.25) is 4.99 Å². The maximum atomic E-state index is 7.45. The van der Waals surface area contributed by atoms with Crippen molar-refractivity contribution in [3.63, 3.8) is 0 Å². The van der Waals surface area contributed by atoms with Gasteiger partial charge in [0.05, 0.1) is 11.2 Å². The second-order valence-corrected chi connectivity index (χ2v) is 12.2. The van der Waals surface area contributed by atoms with Crippen molar-refractivity contribution in [2.75, 3.05) is 14.1 Å². The lowest BCUT2D eigenvalue weighted by atomic mass is 9.58. The molecular weight excluding hydrogens is 404 g/mol. The quantitative estimate of drug-likeness (QED) is 0.346. The minimum absolute atomic E-state index is 0.0174. The van der Waals surface area contributed by atoms with Crippen LogP contribution in [0.25, 0.3) is 0 Å². The topological polar surface area (TPSA) is 24.8 Å². The lowest BCUT2D eigenvalue weighted by Gasteiger charge is -2.55. The summed E-state index contributed by atoms with van der Waals surface area (Å²) in [6.45, 7) is 13.7. The van der Waals surface area contributed by atoms with Gasteiger partial charge in [-0.1, -0.05) is 37.3 Å². The fraction of sp³-hybridized carbons (Fsp3) is 0.700. The van der Waals surface area contributed by atoms with Crippen LogP contribution in [-0.2, 0) is 4.74 Å². The Labute approximate surface area is 201 Å². The van der Waals surface area contributed by atoms with Gasteiger partial charge in [0.25, 0.3) is 0 Å². The molecule has 5 rings (SSSR count). The molecule has 3 fully saturated rings. The van der Waals surface area contributed by atoms with Gasteiger partial charge in [0, 0.05) is 25.3 Å². The van der Waals surface area contributed by atoms with Crippen LogP contribution in [0.3, 0.4) is 0 Å². The minimum atomic E-state index is -0.0638. The Morgan fingerprint density at radius 1 is 1.27 bits per heavy atom. The smallest absolute Gasteiger partial charge is 0.0974 e. The predicted octanol–water partition coefficient (Wildman–Crippen LogP) is 6.67. The molecule has 3 nitrogen and oxygen atoms in total. The average molecular weight is 449 g/mol. The van der Waals surface area contributed by atoms with Gasteiger partial charge in [0.15, 0.2) is 0 Å². The van der Waals surface area contributed by atoms with E-state index in [1.165, 1.54) is 56.1 Å². The molecule has 2 aliphatic heterocycles.